The van der Waals surface area contributed by atoms with Crippen LogP contribution in [0.3, 0.4) is 0 Å². The maximum absolute atomic E-state index is 11.4. The van der Waals surface area contributed by atoms with Gasteiger partial charge in [0, 0.05) is 35.8 Å². The number of pyridine rings is 2. The molecule has 0 aliphatic rings. The fraction of sp³-hybridized carbons (Fsp3) is 0.118. The molecule has 3 aromatic heterocycles. The number of nitrogens with one attached hydrogen (secondary N) is 2. The number of hydrogen-bond acceptors (Lipinski definition) is 5. The summed E-state index contributed by atoms with van der Waals surface area (Å²) in [5, 5.41) is 14.5. The van der Waals surface area contributed by atoms with E-state index in [2.05, 4.69) is 19.9 Å². The van der Waals surface area contributed by atoms with Crippen LogP contribution in [0.1, 0.15) is 0 Å². The van der Waals surface area contributed by atoms with Crippen molar-refractivity contribution in [1.29, 1.82) is 0 Å². The predicted octanol–water partition coefficient (Wildman–Crippen LogP) is 3.75. The van der Waals surface area contributed by atoms with Crippen molar-refractivity contribution in [3.05, 3.63) is 58.5 Å². The lowest BCUT2D eigenvalue weighted by Crippen LogP contribution is -2.21. The Kier molecular flexibility index (Phi) is 9.15. The molecular weight excluding hydrogens is 490 g/mol. The Labute approximate surface area is 183 Å². The fourth-order valence-electron chi connectivity index (χ4n) is 1.87. The Morgan fingerprint density at radius 2 is 1.52 bits per heavy atom. The Balaban J connectivity index is 0.000000324. The highest BCUT2D eigenvalue weighted by molar-refractivity contribution is 6.28. The molecular formula is C17H11ClF6N4O5. The summed E-state index contributed by atoms with van der Waals surface area (Å²) in [4.78, 5) is 43.0. The van der Waals surface area contributed by atoms with Crippen LogP contribution in [0.2, 0.25) is 5.28 Å². The van der Waals surface area contributed by atoms with Gasteiger partial charge < -0.3 is 20.2 Å². The Hall–Kier alpha value is -3.88. The Morgan fingerprint density at radius 3 is 1.94 bits per heavy atom. The normalized spacial score (nSPS) is 10.9. The first-order chi connectivity index (χ1) is 15.1. The van der Waals surface area contributed by atoms with Crippen LogP contribution in [0.5, 0.6) is 0 Å². The number of H-pyrrole nitrogens is 2. The van der Waals surface area contributed by atoms with Crippen LogP contribution in [0.15, 0.2) is 47.7 Å². The molecule has 3 aromatic rings. The van der Waals surface area contributed by atoms with Crippen LogP contribution in [0.25, 0.3) is 22.5 Å². The largest absolute Gasteiger partial charge is 0.490 e. The number of carboxylic acid groups (broad SMARTS) is 2. The van der Waals surface area contributed by atoms with Gasteiger partial charge >= 0.3 is 24.3 Å². The van der Waals surface area contributed by atoms with Crippen molar-refractivity contribution in [1.82, 2.24) is 19.9 Å². The average molecular weight is 501 g/mol. The molecule has 3 heterocycles. The zero-order valence-corrected chi connectivity index (χ0v) is 16.5. The monoisotopic (exact) mass is 500 g/mol. The lowest BCUT2D eigenvalue weighted by molar-refractivity contribution is -0.193. The SMILES string of the molecule is O=C(O)C(F)(F)F.O=C(O)C(F)(F)F.O=c1cc(-c2[nH]c(Cl)nc2-c2cccnc2)cc[nH]1. The van der Waals surface area contributed by atoms with E-state index in [4.69, 9.17) is 31.4 Å². The lowest BCUT2D eigenvalue weighted by atomic mass is 10.1. The molecule has 33 heavy (non-hydrogen) atoms. The first-order valence-electron chi connectivity index (χ1n) is 8.08. The fourth-order valence-corrected chi connectivity index (χ4v) is 2.04. The second kappa shape index (κ2) is 11.1. The molecule has 0 spiro atoms. The van der Waals surface area contributed by atoms with Gasteiger partial charge in [0.1, 0.15) is 0 Å². The summed E-state index contributed by atoms with van der Waals surface area (Å²) in [5.41, 5.74) is 2.75. The molecule has 0 aliphatic carbocycles. The number of hydrogen-bond donors (Lipinski definition) is 4. The molecule has 4 N–H and O–H groups in total. The molecule has 9 nitrogen and oxygen atoms in total. The standard InChI is InChI=1S/C13H9ClN4O.2C2HF3O2/c14-13-17-11(8-3-5-16-10(19)6-8)12(18-13)9-2-1-4-15-7-9;2*3-2(4,5)1(6)7/h1-7H,(H,16,19)(H,17,18);2*(H,6,7). The van der Waals surface area contributed by atoms with Crippen molar-refractivity contribution in [3.63, 3.8) is 0 Å². The van der Waals surface area contributed by atoms with Crippen molar-refractivity contribution in [2.75, 3.05) is 0 Å². The topological polar surface area (TPSA) is 149 Å². The van der Waals surface area contributed by atoms with Crippen molar-refractivity contribution < 1.29 is 46.1 Å². The van der Waals surface area contributed by atoms with Crippen LogP contribution in [-0.2, 0) is 9.59 Å². The highest BCUT2D eigenvalue weighted by Crippen LogP contribution is 2.30. The van der Waals surface area contributed by atoms with Gasteiger partial charge in [-0.25, -0.2) is 14.6 Å². The van der Waals surface area contributed by atoms with Gasteiger partial charge in [0.05, 0.1) is 11.4 Å². The number of nitrogens with zero attached hydrogens (tertiary/aromatic N) is 2. The molecule has 178 valence electrons. The molecule has 16 heteroatoms. The van der Waals surface area contributed by atoms with Gasteiger partial charge in [-0.15, -0.1) is 0 Å². The molecule has 0 radical (unpaired) electrons. The number of halogens is 7. The van der Waals surface area contributed by atoms with Gasteiger partial charge in [0.25, 0.3) is 0 Å². The zero-order chi connectivity index (χ0) is 25.4. The maximum Gasteiger partial charge on any atom is 0.490 e. The first kappa shape index (κ1) is 27.2. The van der Waals surface area contributed by atoms with Gasteiger partial charge in [0.2, 0.25) is 10.8 Å². The quantitative estimate of drug-likeness (QED) is 0.391. The molecule has 0 saturated heterocycles. The summed E-state index contributed by atoms with van der Waals surface area (Å²) in [5.74, 6) is -5.51. The van der Waals surface area contributed by atoms with Crippen LogP contribution in [0.4, 0.5) is 26.3 Å². The Morgan fingerprint density at radius 1 is 0.970 bits per heavy atom. The number of carboxylic acids is 2. The minimum absolute atomic E-state index is 0.180. The van der Waals surface area contributed by atoms with E-state index in [0.29, 0.717) is 11.4 Å². The van der Waals surface area contributed by atoms with E-state index < -0.39 is 24.3 Å². The third-order valence-electron chi connectivity index (χ3n) is 3.16. The molecule has 0 fully saturated rings. The molecule has 0 aliphatic heterocycles. The van der Waals surface area contributed by atoms with E-state index in [1.54, 1.807) is 24.7 Å². The van der Waals surface area contributed by atoms with E-state index in [1.807, 2.05) is 12.1 Å². The number of aromatic amines is 2. The molecule has 0 aromatic carbocycles. The van der Waals surface area contributed by atoms with Crippen LogP contribution in [0, 0.1) is 0 Å². The summed E-state index contributed by atoms with van der Waals surface area (Å²) < 4.78 is 63.5. The molecule has 3 rings (SSSR count). The number of imidazole rings is 1. The Bertz CT molecular complexity index is 1120. The molecule has 0 atom stereocenters. The van der Waals surface area contributed by atoms with E-state index in [1.165, 1.54) is 6.07 Å². The van der Waals surface area contributed by atoms with Crippen LogP contribution >= 0.6 is 11.6 Å². The average Bonchev–Trinajstić information content (AvgIpc) is 3.10. The van der Waals surface area contributed by atoms with Gasteiger partial charge in [-0.05, 0) is 29.8 Å². The smallest absolute Gasteiger partial charge is 0.475 e. The molecule has 0 saturated carbocycles. The third-order valence-corrected chi connectivity index (χ3v) is 3.34. The summed E-state index contributed by atoms with van der Waals surface area (Å²) in [6.45, 7) is 0. The van der Waals surface area contributed by atoms with E-state index in [9.17, 15) is 31.1 Å². The van der Waals surface area contributed by atoms with Crippen molar-refractivity contribution in [2.24, 2.45) is 0 Å². The summed E-state index contributed by atoms with van der Waals surface area (Å²) in [6.07, 6.45) is -5.20. The summed E-state index contributed by atoms with van der Waals surface area (Å²) in [6, 6.07) is 6.98. The molecule has 0 unspecified atom stereocenters. The maximum atomic E-state index is 11.4. The number of aliphatic carboxylic acids is 2. The van der Waals surface area contributed by atoms with E-state index >= 15 is 0 Å². The highest BCUT2D eigenvalue weighted by atomic mass is 35.5. The highest BCUT2D eigenvalue weighted by Gasteiger charge is 2.38. The number of alkyl halides is 6. The van der Waals surface area contributed by atoms with Gasteiger partial charge in [-0.2, -0.15) is 26.3 Å². The number of rotatable bonds is 2. The van der Waals surface area contributed by atoms with Gasteiger partial charge in [-0.1, -0.05) is 0 Å². The van der Waals surface area contributed by atoms with E-state index in [-0.39, 0.29) is 10.8 Å². The van der Waals surface area contributed by atoms with Crippen LogP contribution < -0.4 is 5.56 Å². The molecule has 0 bridgehead atoms. The summed E-state index contributed by atoms with van der Waals surface area (Å²) >= 11 is 5.93. The number of aromatic nitrogens is 4. The first-order valence-corrected chi connectivity index (χ1v) is 8.46. The lowest BCUT2D eigenvalue weighted by Gasteiger charge is -2.01. The summed E-state index contributed by atoms with van der Waals surface area (Å²) in [7, 11) is 0. The third kappa shape index (κ3) is 9.02. The van der Waals surface area contributed by atoms with Crippen molar-refractivity contribution >= 4 is 23.5 Å². The molecule has 0 amide bonds. The number of carbonyl (C=O) groups is 2. The second-order valence-corrected chi connectivity index (χ2v) is 5.90. The van der Waals surface area contributed by atoms with Crippen molar-refractivity contribution in [3.8, 4) is 22.5 Å². The predicted molar refractivity (Wildman–Crippen MR) is 100 cm³/mol. The van der Waals surface area contributed by atoms with Crippen LogP contribution in [-0.4, -0.2) is 54.4 Å². The minimum atomic E-state index is -5.08. The van der Waals surface area contributed by atoms with Gasteiger partial charge in [-0.3, -0.25) is 9.78 Å². The second-order valence-electron chi connectivity index (χ2n) is 5.54. The van der Waals surface area contributed by atoms with E-state index in [0.717, 1.165) is 11.1 Å². The zero-order valence-electron chi connectivity index (χ0n) is 15.7. The van der Waals surface area contributed by atoms with Crippen molar-refractivity contribution in [2.45, 2.75) is 12.4 Å². The van der Waals surface area contributed by atoms with Gasteiger partial charge in [0.15, 0.2) is 0 Å². The minimum Gasteiger partial charge on any atom is -0.475 e.